The lowest BCUT2D eigenvalue weighted by Gasteiger charge is -2.28. The Bertz CT molecular complexity index is 410. The first kappa shape index (κ1) is 17.4. The van der Waals surface area contributed by atoms with Crippen LogP contribution in [-0.4, -0.2) is 29.8 Å². The SMILES string of the molecule is O=C(F)C(C(=O)C(F)(C(F)(F)F)C(F)(F)F)=C(F)F. The van der Waals surface area contributed by atoms with E-state index < -0.39 is 41.5 Å². The standard InChI is InChI=1S/C7F10O2/c8-3(9)1(4(10)19)2(18)5(11,6(12,13)14)7(15,16)17. The summed E-state index contributed by atoms with van der Waals surface area (Å²) in [5.74, 6) is -4.07. The van der Waals surface area contributed by atoms with Crippen LogP contribution in [0.4, 0.5) is 43.9 Å². The lowest BCUT2D eigenvalue weighted by atomic mass is 9.93. The highest BCUT2D eigenvalue weighted by Gasteiger charge is 2.78. The van der Waals surface area contributed by atoms with Crippen molar-refractivity contribution in [2.75, 3.05) is 0 Å². The van der Waals surface area contributed by atoms with Crippen molar-refractivity contribution in [1.82, 2.24) is 0 Å². The van der Waals surface area contributed by atoms with Crippen molar-refractivity contribution in [3.05, 3.63) is 11.7 Å². The first-order valence-corrected chi connectivity index (χ1v) is 3.80. The van der Waals surface area contributed by atoms with Crippen LogP contribution in [0.25, 0.3) is 0 Å². The predicted molar refractivity (Wildman–Crippen MR) is 36.3 cm³/mol. The van der Waals surface area contributed by atoms with Gasteiger partial charge in [0, 0.05) is 0 Å². The molecule has 0 spiro atoms. The predicted octanol–water partition coefficient (Wildman–Crippen LogP) is 3.04. The molecule has 0 saturated carbocycles. The minimum absolute atomic E-state index is 3.45. The van der Waals surface area contributed by atoms with Crippen molar-refractivity contribution in [2.45, 2.75) is 18.0 Å². The van der Waals surface area contributed by atoms with Gasteiger partial charge in [-0.05, 0) is 0 Å². The van der Waals surface area contributed by atoms with Gasteiger partial charge >= 0.3 is 24.1 Å². The van der Waals surface area contributed by atoms with E-state index in [1.165, 1.54) is 0 Å². The quantitative estimate of drug-likeness (QED) is 0.264. The summed E-state index contributed by atoms with van der Waals surface area (Å²) < 4.78 is 120. The number of carbonyl (C=O) groups is 2. The monoisotopic (exact) mass is 306 g/mol. The van der Waals surface area contributed by atoms with Crippen LogP contribution < -0.4 is 0 Å². The van der Waals surface area contributed by atoms with Crippen molar-refractivity contribution in [2.24, 2.45) is 0 Å². The van der Waals surface area contributed by atoms with Crippen LogP contribution >= 0.6 is 0 Å². The molecule has 0 unspecified atom stereocenters. The zero-order valence-electron chi connectivity index (χ0n) is 8.10. The van der Waals surface area contributed by atoms with E-state index in [1.807, 2.05) is 0 Å². The molecule has 12 heteroatoms. The maximum Gasteiger partial charge on any atom is 0.439 e. The van der Waals surface area contributed by atoms with E-state index in [1.54, 1.807) is 0 Å². The lowest BCUT2D eigenvalue weighted by Crippen LogP contribution is -2.59. The smallest absolute Gasteiger partial charge is 0.289 e. The summed E-state index contributed by atoms with van der Waals surface area (Å²) >= 11 is 0. The van der Waals surface area contributed by atoms with E-state index >= 15 is 0 Å². The zero-order valence-corrected chi connectivity index (χ0v) is 8.10. The Hall–Kier alpha value is -1.62. The first-order valence-electron chi connectivity index (χ1n) is 3.80. The highest BCUT2D eigenvalue weighted by molar-refractivity contribution is 6.20. The Morgan fingerprint density at radius 1 is 0.684 bits per heavy atom. The average Bonchev–Trinajstić information content (AvgIpc) is 2.11. The second-order valence-electron chi connectivity index (χ2n) is 2.89. The fraction of sp³-hybridized carbons (Fsp3) is 0.429. The molecule has 110 valence electrons. The number of rotatable bonds is 3. The lowest BCUT2D eigenvalue weighted by molar-refractivity contribution is -0.323. The minimum atomic E-state index is -7.02. The van der Waals surface area contributed by atoms with Gasteiger partial charge in [0.05, 0.1) is 0 Å². The Balaban J connectivity index is 6.19. The second-order valence-corrected chi connectivity index (χ2v) is 2.89. The van der Waals surface area contributed by atoms with Crippen molar-refractivity contribution < 1.29 is 53.5 Å². The van der Waals surface area contributed by atoms with Gasteiger partial charge in [0.2, 0.25) is 5.78 Å². The van der Waals surface area contributed by atoms with Gasteiger partial charge in [-0.1, -0.05) is 0 Å². The molecule has 0 aliphatic carbocycles. The van der Waals surface area contributed by atoms with E-state index in [2.05, 4.69) is 0 Å². The van der Waals surface area contributed by atoms with Crippen LogP contribution in [0.2, 0.25) is 0 Å². The van der Waals surface area contributed by atoms with Crippen LogP contribution in [0.1, 0.15) is 0 Å². The molecule has 0 radical (unpaired) electrons. The van der Waals surface area contributed by atoms with Crippen molar-refractivity contribution >= 4 is 11.8 Å². The van der Waals surface area contributed by atoms with Crippen molar-refractivity contribution in [3.8, 4) is 0 Å². The second kappa shape index (κ2) is 4.81. The molecule has 0 heterocycles. The highest BCUT2D eigenvalue weighted by Crippen LogP contribution is 2.48. The molecule has 0 fully saturated rings. The summed E-state index contributed by atoms with van der Waals surface area (Å²) in [6, 6.07) is -3.62. The number of hydrogen-bond donors (Lipinski definition) is 0. The zero-order chi connectivity index (χ0) is 15.8. The first-order chi connectivity index (χ1) is 8.18. The van der Waals surface area contributed by atoms with Gasteiger partial charge in [-0.2, -0.15) is 39.5 Å². The number of hydrogen-bond acceptors (Lipinski definition) is 2. The topological polar surface area (TPSA) is 34.1 Å². The van der Waals surface area contributed by atoms with Crippen LogP contribution in [0.5, 0.6) is 0 Å². The Labute approximate surface area is 96.2 Å². The normalized spacial score (nSPS) is 13.2. The maximum atomic E-state index is 12.9. The van der Waals surface area contributed by atoms with E-state index in [4.69, 9.17) is 0 Å². The van der Waals surface area contributed by atoms with Crippen molar-refractivity contribution in [1.29, 1.82) is 0 Å². The molecule has 0 bridgehead atoms. The maximum absolute atomic E-state index is 12.9. The molecule has 0 saturated heterocycles. The number of Topliss-reactive ketones (excluding diaryl/α,β-unsaturated/α-hetero) is 1. The molecular weight excluding hydrogens is 306 g/mol. The van der Waals surface area contributed by atoms with E-state index in [0.717, 1.165) is 0 Å². The molecule has 0 atom stereocenters. The number of carbonyl (C=O) groups excluding carboxylic acids is 2. The van der Waals surface area contributed by atoms with Crippen LogP contribution in [-0.2, 0) is 9.59 Å². The fourth-order valence-corrected chi connectivity index (χ4v) is 0.840. The molecule has 0 amide bonds. The summed E-state index contributed by atoms with van der Waals surface area (Å²) in [5, 5.41) is 0. The van der Waals surface area contributed by atoms with Crippen LogP contribution in [0.3, 0.4) is 0 Å². The van der Waals surface area contributed by atoms with E-state index in [0.29, 0.717) is 0 Å². The molecule has 19 heavy (non-hydrogen) atoms. The summed E-state index contributed by atoms with van der Waals surface area (Å²) in [5.41, 5.74) is -10.3. The number of allylic oxidation sites excluding steroid dienone is 1. The van der Waals surface area contributed by atoms with Gasteiger partial charge in [-0.25, -0.2) is 4.39 Å². The molecular formula is C7F10O2. The molecule has 0 N–H and O–H groups in total. The highest BCUT2D eigenvalue weighted by atomic mass is 19.4. The van der Waals surface area contributed by atoms with Gasteiger partial charge in [0.15, 0.2) is 5.57 Å². The molecule has 0 aromatic carbocycles. The fourth-order valence-electron chi connectivity index (χ4n) is 0.840. The summed E-state index contributed by atoms with van der Waals surface area (Å²) in [6.45, 7) is 0. The Kier molecular flexibility index (Phi) is 4.40. The largest absolute Gasteiger partial charge is 0.439 e. The molecule has 0 aliphatic heterocycles. The molecule has 0 aliphatic rings. The van der Waals surface area contributed by atoms with Gasteiger partial charge < -0.3 is 0 Å². The van der Waals surface area contributed by atoms with Crippen LogP contribution in [0.15, 0.2) is 11.7 Å². The van der Waals surface area contributed by atoms with Gasteiger partial charge in [-0.15, -0.1) is 0 Å². The minimum Gasteiger partial charge on any atom is -0.289 e. The van der Waals surface area contributed by atoms with Gasteiger partial charge in [0.25, 0.3) is 6.08 Å². The Morgan fingerprint density at radius 3 is 1.16 bits per heavy atom. The average molecular weight is 306 g/mol. The molecule has 2 nitrogen and oxygen atoms in total. The van der Waals surface area contributed by atoms with Crippen LogP contribution in [0, 0.1) is 0 Å². The summed E-state index contributed by atoms with van der Waals surface area (Å²) in [7, 11) is 0. The number of ketones is 1. The number of alkyl halides is 7. The van der Waals surface area contributed by atoms with E-state index in [-0.39, 0.29) is 0 Å². The van der Waals surface area contributed by atoms with Gasteiger partial charge in [-0.3, -0.25) is 9.59 Å². The number of halogens is 10. The van der Waals surface area contributed by atoms with E-state index in [9.17, 15) is 53.5 Å². The summed E-state index contributed by atoms with van der Waals surface area (Å²) in [4.78, 5) is 20.3. The summed E-state index contributed by atoms with van der Waals surface area (Å²) in [6.07, 6.45) is -17.8. The third kappa shape index (κ3) is 2.87. The van der Waals surface area contributed by atoms with Crippen molar-refractivity contribution in [3.63, 3.8) is 0 Å². The molecule has 0 aromatic rings. The van der Waals surface area contributed by atoms with Gasteiger partial charge in [0.1, 0.15) is 0 Å². The third-order valence-electron chi connectivity index (χ3n) is 1.71. The Morgan fingerprint density at radius 2 is 1.00 bits per heavy atom. The molecule has 0 aromatic heterocycles. The third-order valence-corrected chi connectivity index (χ3v) is 1.71. The molecule has 0 rings (SSSR count).